The fourth-order valence-electron chi connectivity index (χ4n) is 2.20. The second-order valence-corrected chi connectivity index (χ2v) is 4.38. The van der Waals surface area contributed by atoms with Crippen LogP contribution < -0.4 is 5.73 Å². The lowest BCUT2D eigenvalue weighted by molar-refractivity contribution is -0.146. The normalized spacial score (nSPS) is 27.6. The van der Waals surface area contributed by atoms with E-state index in [0.29, 0.717) is 19.0 Å². The fraction of sp³-hybridized carbons (Fsp3) is 1.00. The molecule has 0 aromatic rings. The summed E-state index contributed by atoms with van der Waals surface area (Å²) < 4.78 is 36.5. The molecule has 0 aromatic carbocycles. The van der Waals surface area contributed by atoms with Crippen LogP contribution in [0.1, 0.15) is 26.2 Å². The van der Waals surface area contributed by atoms with Crippen LogP contribution in [-0.4, -0.2) is 36.8 Å². The maximum absolute atomic E-state index is 12.2. The zero-order chi connectivity index (χ0) is 11.5. The van der Waals surface area contributed by atoms with Gasteiger partial charge in [0.1, 0.15) is 0 Å². The molecule has 1 aliphatic rings. The molecule has 0 spiro atoms. The van der Waals surface area contributed by atoms with Gasteiger partial charge in [-0.05, 0) is 31.7 Å². The van der Waals surface area contributed by atoms with Crippen LogP contribution in [0.25, 0.3) is 0 Å². The first kappa shape index (κ1) is 12.8. The van der Waals surface area contributed by atoms with Gasteiger partial charge >= 0.3 is 6.18 Å². The van der Waals surface area contributed by atoms with Gasteiger partial charge in [-0.1, -0.05) is 6.92 Å². The minimum Gasteiger partial charge on any atom is -0.328 e. The van der Waals surface area contributed by atoms with E-state index in [4.69, 9.17) is 5.73 Å². The molecule has 1 aliphatic carbocycles. The van der Waals surface area contributed by atoms with Gasteiger partial charge in [0.05, 0.1) is 6.54 Å². The van der Waals surface area contributed by atoms with Gasteiger partial charge in [0.15, 0.2) is 0 Å². The van der Waals surface area contributed by atoms with Gasteiger partial charge in [0, 0.05) is 12.6 Å². The largest absolute Gasteiger partial charge is 0.401 e. The van der Waals surface area contributed by atoms with Crippen molar-refractivity contribution in [2.45, 2.75) is 38.4 Å². The standard InChI is InChI=1S/C10H19F3N2/c1-2-15(7-10(11,12)13)6-8-3-4-9(14)5-8/h8-9H,2-7,14H2,1H3. The Morgan fingerprint density at radius 1 is 1.33 bits per heavy atom. The van der Waals surface area contributed by atoms with Crippen molar-refractivity contribution in [2.75, 3.05) is 19.6 Å². The Morgan fingerprint density at radius 3 is 2.40 bits per heavy atom. The molecule has 0 saturated heterocycles. The van der Waals surface area contributed by atoms with Gasteiger partial charge in [-0.15, -0.1) is 0 Å². The minimum absolute atomic E-state index is 0.194. The number of rotatable bonds is 4. The summed E-state index contributed by atoms with van der Waals surface area (Å²) in [5.74, 6) is 0.349. The summed E-state index contributed by atoms with van der Waals surface area (Å²) in [5, 5.41) is 0. The average Bonchev–Trinajstić information content (AvgIpc) is 2.47. The third-order valence-electron chi connectivity index (χ3n) is 2.95. The molecule has 2 nitrogen and oxygen atoms in total. The summed E-state index contributed by atoms with van der Waals surface area (Å²) >= 11 is 0. The summed E-state index contributed by atoms with van der Waals surface area (Å²) in [6.45, 7) is 1.95. The molecule has 0 heterocycles. The minimum atomic E-state index is -4.09. The van der Waals surface area contributed by atoms with Crippen LogP contribution in [0.2, 0.25) is 0 Å². The molecule has 2 atom stereocenters. The van der Waals surface area contributed by atoms with Crippen molar-refractivity contribution in [3.63, 3.8) is 0 Å². The number of alkyl halides is 3. The Labute approximate surface area is 88.6 Å². The molecule has 0 bridgehead atoms. The Balaban J connectivity index is 2.33. The summed E-state index contributed by atoms with van der Waals surface area (Å²) in [5.41, 5.74) is 5.73. The molecule has 90 valence electrons. The second kappa shape index (κ2) is 5.16. The number of nitrogens with zero attached hydrogens (tertiary/aromatic N) is 1. The highest BCUT2D eigenvalue weighted by Gasteiger charge is 2.32. The van der Waals surface area contributed by atoms with Gasteiger partial charge in [0.25, 0.3) is 0 Å². The first-order valence-electron chi connectivity index (χ1n) is 5.45. The predicted octanol–water partition coefficient (Wildman–Crippen LogP) is 2.00. The van der Waals surface area contributed by atoms with E-state index in [2.05, 4.69) is 0 Å². The first-order chi connectivity index (χ1) is 6.90. The van der Waals surface area contributed by atoms with Crippen molar-refractivity contribution in [1.29, 1.82) is 0 Å². The first-order valence-corrected chi connectivity index (χ1v) is 5.45. The molecule has 0 aromatic heterocycles. The molecular weight excluding hydrogens is 205 g/mol. The number of hydrogen-bond donors (Lipinski definition) is 1. The topological polar surface area (TPSA) is 29.3 Å². The predicted molar refractivity (Wildman–Crippen MR) is 53.5 cm³/mol. The highest BCUT2D eigenvalue weighted by Crippen LogP contribution is 2.26. The number of nitrogens with two attached hydrogens (primary N) is 1. The van der Waals surface area contributed by atoms with Gasteiger partial charge in [0.2, 0.25) is 0 Å². The maximum Gasteiger partial charge on any atom is 0.401 e. The van der Waals surface area contributed by atoms with Crippen LogP contribution in [0.4, 0.5) is 13.2 Å². The molecule has 0 aliphatic heterocycles. The molecule has 1 fully saturated rings. The van der Waals surface area contributed by atoms with Crippen LogP contribution in [0.5, 0.6) is 0 Å². The molecule has 1 saturated carbocycles. The van der Waals surface area contributed by atoms with Gasteiger partial charge in [-0.25, -0.2) is 0 Å². The fourth-order valence-corrected chi connectivity index (χ4v) is 2.20. The van der Waals surface area contributed by atoms with E-state index in [1.165, 1.54) is 4.90 Å². The van der Waals surface area contributed by atoms with Crippen molar-refractivity contribution in [1.82, 2.24) is 4.90 Å². The van der Waals surface area contributed by atoms with Crippen LogP contribution in [0.3, 0.4) is 0 Å². The second-order valence-electron chi connectivity index (χ2n) is 4.38. The summed E-state index contributed by atoms with van der Waals surface area (Å²) in [7, 11) is 0. The van der Waals surface area contributed by atoms with E-state index in [1.54, 1.807) is 6.92 Å². The summed E-state index contributed by atoms with van der Waals surface area (Å²) in [4.78, 5) is 1.46. The zero-order valence-corrected chi connectivity index (χ0v) is 9.06. The summed E-state index contributed by atoms with van der Waals surface area (Å²) in [6.07, 6.45) is -1.30. The lowest BCUT2D eigenvalue weighted by atomic mass is 10.1. The quantitative estimate of drug-likeness (QED) is 0.791. The van der Waals surface area contributed by atoms with Crippen molar-refractivity contribution < 1.29 is 13.2 Å². The van der Waals surface area contributed by atoms with E-state index in [0.717, 1.165) is 19.3 Å². The lowest BCUT2D eigenvalue weighted by Gasteiger charge is -2.24. The smallest absolute Gasteiger partial charge is 0.328 e. The molecule has 5 heteroatoms. The monoisotopic (exact) mass is 224 g/mol. The van der Waals surface area contributed by atoms with E-state index in [1.807, 2.05) is 0 Å². The van der Waals surface area contributed by atoms with Crippen LogP contribution in [0.15, 0.2) is 0 Å². The molecule has 2 N–H and O–H groups in total. The molecular formula is C10H19F3N2. The molecule has 0 amide bonds. The Morgan fingerprint density at radius 2 is 2.00 bits per heavy atom. The Kier molecular flexibility index (Phi) is 4.40. The van der Waals surface area contributed by atoms with Crippen molar-refractivity contribution in [2.24, 2.45) is 11.7 Å². The zero-order valence-electron chi connectivity index (χ0n) is 9.06. The van der Waals surface area contributed by atoms with E-state index >= 15 is 0 Å². The van der Waals surface area contributed by atoms with Crippen LogP contribution >= 0.6 is 0 Å². The number of halogens is 3. The highest BCUT2D eigenvalue weighted by molar-refractivity contribution is 4.80. The average molecular weight is 224 g/mol. The van der Waals surface area contributed by atoms with Gasteiger partial charge < -0.3 is 5.73 Å². The van der Waals surface area contributed by atoms with Crippen LogP contribution in [0, 0.1) is 5.92 Å². The van der Waals surface area contributed by atoms with E-state index in [9.17, 15) is 13.2 Å². The van der Waals surface area contributed by atoms with Crippen molar-refractivity contribution in [3.05, 3.63) is 0 Å². The SMILES string of the molecule is CCN(CC1CCC(N)C1)CC(F)(F)F. The molecule has 1 rings (SSSR count). The Hall–Kier alpha value is -0.290. The van der Waals surface area contributed by atoms with Gasteiger partial charge in [-0.3, -0.25) is 4.90 Å². The molecule has 0 radical (unpaired) electrons. The van der Waals surface area contributed by atoms with Crippen molar-refractivity contribution in [3.8, 4) is 0 Å². The summed E-state index contributed by atoms with van der Waals surface area (Å²) in [6, 6.07) is 0.194. The lowest BCUT2D eigenvalue weighted by Crippen LogP contribution is -2.37. The highest BCUT2D eigenvalue weighted by atomic mass is 19.4. The van der Waals surface area contributed by atoms with Crippen LogP contribution in [-0.2, 0) is 0 Å². The van der Waals surface area contributed by atoms with Crippen molar-refractivity contribution >= 4 is 0 Å². The number of hydrogen-bond acceptors (Lipinski definition) is 2. The third-order valence-corrected chi connectivity index (χ3v) is 2.95. The Bertz CT molecular complexity index is 194. The van der Waals surface area contributed by atoms with E-state index in [-0.39, 0.29) is 6.04 Å². The molecule has 15 heavy (non-hydrogen) atoms. The maximum atomic E-state index is 12.2. The third kappa shape index (κ3) is 4.84. The van der Waals surface area contributed by atoms with E-state index < -0.39 is 12.7 Å². The van der Waals surface area contributed by atoms with Gasteiger partial charge in [-0.2, -0.15) is 13.2 Å². The molecule has 2 unspecified atom stereocenters.